The third kappa shape index (κ3) is 3.74. The second-order valence-corrected chi connectivity index (χ2v) is 7.82. The Balaban J connectivity index is 1.57. The van der Waals surface area contributed by atoms with Crippen molar-refractivity contribution in [3.05, 3.63) is 33.8 Å². The van der Waals surface area contributed by atoms with Gasteiger partial charge in [-0.05, 0) is 24.5 Å². The van der Waals surface area contributed by atoms with Gasteiger partial charge in [-0.1, -0.05) is 48.2 Å². The standard InChI is InChI=1S/C19H22Cl2N2O3/c1-22(11-12-5-4-8-15(20)17(12)21)16(24)9-10-23-18(25)13-6-2-3-7-14(13)19(23)26/h4-5,8,13-14H,2-3,6-7,9-11H2,1H3/t13-,14-/m1/s1. The van der Waals surface area contributed by atoms with Gasteiger partial charge in [0.25, 0.3) is 0 Å². The van der Waals surface area contributed by atoms with E-state index < -0.39 is 0 Å². The first-order valence-corrected chi connectivity index (χ1v) is 9.68. The number of hydrogen-bond acceptors (Lipinski definition) is 3. The highest BCUT2D eigenvalue weighted by molar-refractivity contribution is 6.42. The topological polar surface area (TPSA) is 57.7 Å². The van der Waals surface area contributed by atoms with E-state index in [0.29, 0.717) is 16.6 Å². The van der Waals surface area contributed by atoms with Gasteiger partial charge in [0.15, 0.2) is 0 Å². The van der Waals surface area contributed by atoms with E-state index in [9.17, 15) is 14.4 Å². The van der Waals surface area contributed by atoms with Crippen molar-refractivity contribution in [2.75, 3.05) is 13.6 Å². The lowest BCUT2D eigenvalue weighted by Gasteiger charge is -2.20. The van der Waals surface area contributed by atoms with E-state index in [1.165, 1.54) is 9.80 Å². The summed E-state index contributed by atoms with van der Waals surface area (Å²) in [6.45, 7) is 0.475. The number of hydrogen-bond donors (Lipinski definition) is 0. The van der Waals surface area contributed by atoms with E-state index >= 15 is 0 Å². The summed E-state index contributed by atoms with van der Waals surface area (Å²) in [4.78, 5) is 40.2. The Morgan fingerprint density at radius 3 is 2.38 bits per heavy atom. The molecule has 1 aliphatic carbocycles. The molecule has 2 atom stereocenters. The maximum absolute atomic E-state index is 12.5. The first-order chi connectivity index (χ1) is 12.4. The molecule has 7 heteroatoms. The van der Waals surface area contributed by atoms with Gasteiger partial charge in [0, 0.05) is 26.6 Å². The van der Waals surface area contributed by atoms with Gasteiger partial charge in [0.2, 0.25) is 17.7 Å². The number of carbonyl (C=O) groups excluding carboxylic acids is 3. The second kappa shape index (κ2) is 7.97. The van der Waals surface area contributed by atoms with Crippen LogP contribution in [0.3, 0.4) is 0 Å². The van der Waals surface area contributed by atoms with Crippen LogP contribution in [0, 0.1) is 11.8 Å². The lowest BCUT2D eigenvalue weighted by atomic mass is 9.81. The molecule has 2 aliphatic rings. The molecule has 1 saturated carbocycles. The van der Waals surface area contributed by atoms with Crippen LogP contribution in [0.4, 0.5) is 0 Å². The SMILES string of the molecule is CN(Cc1cccc(Cl)c1Cl)C(=O)CCN1C(=O)[C@@H]2CCCC[C@H]2C1=O. The van der Waals surface area contributed by atoms with E-state index in [1.807, 2.05) is 6.07 Å². The zero-order valence-corrected chi connectivity index (χ0v) is 16.2. The Hall–Kier alpha value is -1.59. The Morgan fingerprint density at radius 2 is 1.77 bits per heavy atom. The molecular formula is C19H22Cl2N2O3. The van der Waals surface area contributed by atoms with Gasteiger partial charge in [0.1, 0.15) is 0 Å². The molecule has 0 bridgehead atoms. The van der Waals surface area contributed by atoms with Crippen molar-refractivity contribution in [3.63, 3.8) is 0 Å². The van der Waals surface area contributed by atoms with Crippen molar-refractivity contribution < 1.29 is 14.4 Å². The minimum absolute atomic E-state index is 0.104. The fraction of sp³-hybridized carbons (Fsp3) is 0.526. The second-order valence-electron chi connectivity index (χ2n) is 7.04. The summed E-state index contributed by atoms with van der Waals surface area (Å²) in [7, 11) is 1.67. The van der Waals surface area contributed by atoms with Crippen molar-refractivity contribution in [1.29, 1.82) is 0 Å². The lowest BCUT2D eigenvalue weighted by molar-refractivity contribution is -0.140. The predicted molar refractivity (Wildman–Crippen MR) is 99.7 cm³/mol. The van der Waals surface area contributed by atoms with Gasteiger partial charge in [-0.2, -0.15) is 0 Å². The Morgan fingerprint density at radius 1 is 1.15 bits per heavy atom. The number of rotatable bonds is 5. The summed E-state index contributed by atoms with van der Waals surface area (Å²) in [5.74, 6) is -0.693. The van der Waals surface area contributed by atoms with Crippen molar-refractivity contribution in [2.45, 2.75) is 38.6 Å². The molecule has 0 aromatic heterocycles. The average molecular weight is 397 g/mol. The summed E-state index contributed by atoms with van der Waals surface area (Å²) in [5, 5.41) is 0.878. The molecule has 140 valence electrons. The molecule has 1 aliphatic heterocycles. The van der Waals surface area contributed by atoms with Crippen LogP contribution >= 0.6 is 23.2 Å². The van der Waals surface area contributed by atoms with Gasteiger partial charge in [-0.25, -0.2) is 0 Å². The molecule has 5 nitrogen and oxygen atoms in total. The predicted octanol–water partition coefficient (Wildman–Crippen LogP) is 3.52. The number of halogens is 2. The third-order valence-corrected chi connectivity index (χ3v) is 6.20. The van der Waals surface area contributed by atoms with Gasteiger partial charge in [0.05, 0.1) is 21.9 Å². The van der Waals surface area contributed by atoms with E-state index in [0.717, 1.165) is 31.2 Å². The lowest BCUT2D eigenvalue weighted by Crippen LogP contribution is -2.36. The number of benzene rings is 1. The molecule has 0 radical (unpaired) electrons. The summed E-state index contributed by atoms with van der Waals surface area (Å²) >= 11 is 12.2. The van der Waals surface area contributed by atoms with Crippen molar-refractivity contribution in [1.82, 2.24) is 9.80 Å². The first-order valence-electron chi connectivity index (χ1n) is 8.92. The van der Waals surface area contributed by atoms with Crippen LogP contribution in [0.15, 0.2) is 18.2 Å². The molecule has 1 aromatic carbocycles. The average Bonchev–Trinajstić information content (AvgIpc) is 2.88. The van der Waals surface area contributed by atoms with E-state index in [4.69, 9.17) is 23.2 Å². The molecule has 0 N–H and O–H groups in total. The molecule has 1 heterocycles. The summed E-state index contributed by atoms with van der Waals surface area (Å²) < 4.78 is 0. The number of carbonyl (C=O) groups is 3. The fourth-order valence-electron chi connectivity index (χ4n) is 3.86. The molecular weight excluding hydrogens is 375 g/mol. The molecule has 3 amide bonds. The maximum atomic E-state index is 12.5. The molecule has 3 rings (SSSR count). The monoisotopic (exact) mass is 396 g/mol. The van der Waals surface area contributed by atoms with Crippen LogP contribution in [0.5, 0.6) is 0 Å². The van der Waals surface area contributed by atoms with Crippen LogP contribution < -0.4 is 0 Å². The highest BCUT2D eigenvalue weighted by atomic mass is 35.5. The summed E-state index contributed by atoms with van der Waals surface area (Å²) in [6, 6.07) is 5.29. The zero-order valence-electron chi connectivity index (χ0n) is 14.7. The third-order valence-electron chi connectivity index (χ3n) is 5.35. The van der Waals surface area contributed by atoms with E-state index in [-0.39, 0.29) is 42.5 Å². The smallest absolute Gasteiger partial charge is 0.233 e. The van der Waals surface area contributed by atoms with Gasteiger partial charge in [-0.3, -0.25) is 19.3 Å². The van der Waals surface area contributed by atoms with Crippen molar-refractivity contribution in [3.8, 4) is 0 Å². The molecule has 0 spiro atoms. The molecule has 2 fully saturated rings. The highest BCUT2D eigenvalue weighted by Crippen LogP contribution is 2.38. The summed E-state index contributed by atoms with van der Waals surface area (Å²) in [5.41, 5.74) is 0.759. The Labute approximate surface area is 163 Å². The molecule has 0 unspecified atom stereocenters. The largest absolute Gasteiger partial charge is 0.341 e. The maximum Gasteiger partial charge on any atom is 0.233 e. The fourth-order valence-corrected chi connectivity index (χ4v) is 4.24. The van der Waals surface area contributed by atoms with E-state index in [1.54, 1.807) is 19.2 Å². The van der Waals surface area contributed by atoms with Crippen LogP contribution in [0.25, 0.3) is 0 Å². The number of nitrogens with zero attached hydrogens (tertiary/aromatic N) is 2. The quantitative estimate of drug-likeness (QED) is 0.715. The van der Waals surface area contributed by atoms with Gasteiger partial charge in [-0.15, -0.1) is 0 Å². The van der Waals surface area contributed by atoms with Crippen LogP contribution in [-0.2, 0) is 20.9 Å². The van der Waals surface area contributed by atoms with Crippen LogP contribution in [0.1, 0.15) is 37.7 Å². The number of fused-ring (bicyclic) bond motifs is 1. The van der Waals surface area contributed by atoms with Crippen LogP contribution in [0.2, 0.25) is 10.0 Å². The van der Waals surface area contributed by atoms with Gasteiger partial charge < -0.3 is 4.90 Å². The summed E-state index contributed by atoms with van der Waals surface area (Å²) in [6.07, 6.45) is 3.68. The van der Waals surface area contributed by atoms with Gasteiger partial charge >= 0.3 is 0 Å². The van der Waals surface area contributed by atoms with Crippen molar-refractivity contribution in [2.24, 2.45) is 11.8 Å². The molecule has 1 aromatic rings. The molecule has 26 heavy (non-hydrogen) atoms. The Kier molecular flexibility index (Phi) is 5.88. The Bertz CT molecular complexity index is 713. The molecule has 1 saturated heterocycles. The normalized spacial score (nSPS) is 22.5. The zero-order chi connectivity index (χ0) is 18.8. The number of amides is 3. The van der Waals surface area contributed by atoms with E-state index in [2.05, 4.69) is 0 Å². The highest BCUT2D eigenvalue weighted by Gasteiger charge is 2.47. The number of likely N-dealkylation sites (tertiary alicyclic amines) is 1. The minimum Gasteiger partial charge on any atom is -0.341 e. The van der Waals surface area contributed by atoms with Crippen LogP contribution in [-0.4, -0.2) is 41.1 Å². The van der Waals surface area contributed by atoms with Crippen molar-refractivity contribution >= 4 is 40.9 Å². The first kappa shape index (κ1) is 19.2. The number of imide groups is 1. The minimum atomic E-state index is -0.172.